The van der Waals surface area contributed by atoms with E-state index in [2.05, 4.69) is 26.3 Å². The van der Waals surface area contributed by atoms with Gasteiger partial charge in [-0.1, -0.05) is 15.9 Å². The minimum atomic E-state index is -0.605. The van der Waals surface area contributed by atoms with Gasteiger partial charge in [0.15, 0.2) is 0 Å². The second-order valence-electron chi connectivity index (χ2n) is 7.24. The lowest BCUT2D eigenvalue weighted by Crippen LogP contribution is -2.54. The van der Waals surface area contributed by atoms with Crippen LogP contribution in [0.5, 0.6) is 0 Å². The number of rotatable bonds is 3. The van der Waals surface area contributed by atoms with Crippen molar-refractivity contribution < 1.29 is 14.4 Å². The Morgan fingerprint density at radius 3 is 2.21 bits per heavy atom. The monoisotopic (exact) mass is 461 g/mol. The molecule has 1 fully saturated rings. The number of benzene rings is 1. The van der Waals surface area contributed by atoms with Gasteiger partial charge in [0, 0.05) is 36.7 Å². The van der Waals surface area contributed by atoms with Gasteiger partial charge < -0.3 is 15.1 Å². The summed E-state index contributed by atoms with van der Waals surface area (Å²) in [5, 5.41) is 6.97. The molecule has 3 amide bonds. The Kier molecular flexibility index (Phi) is 6.36. The van der Waals surface area contributed by atoms with Crippen molar-refractivity contribution in [2.75, 3.05) is 26.2 Å². The van der Waals surface area contributed by atoms with Gasteiger partial charge >= 0.3 is 11.8 Å². The Morgan fingerprint density at radius 2 is 1.62 bits per heavy atom. The lowest BCUT2D eigenvalue weighted by atomic mass is 10.2. The predicted octanol–water partition coefficient (Wildman–Crippen LogP) is 1.75. The van der Waals surface area contributed by atoms with Gasteiger partial charge in [0.25, 0.3) is 5.91 Å². The Bertz CT molecular complexity index is 915. The lowest BCUT2D eigenvalue weighted by Gasteiger charge is -2.34. The number of carbonyl (C=O) groups is 3. The van der Waals surface area contributed by atoms with Crippen LogP contribution >= 0.6 is 15.9 Å². The average molecular weight is 462 g/mol. The third kappa shape index (κ3) is 4.67. The zero-order valence-electron chi connectivity index (χ0n) is 16.7. The van der Waals surface area contributed by atoms with Crippen LogP contribution in [0.1, 0.15) is 29.9 Å². The highest BCUT2D eigenvalue weighted by Gasteiger charge is 2.29. The van der Waals surface area contributed by atoms with E-state index in [-0.39, 0.29) is 11.9 Å². The molecule has 0 saturated carbocycles. The number of hydrogen-bond acceptors (Lipinski definition) is 4. The molecule has 154 valence electrons. The Hall–Kier alpha value is -2.68. The minimum absolute atomic E-state index is 0.0976. The highest BCUT2D eigenvalue weighted by atomic mass is 79.9. The fourth-order valence-electron chi connectivity index (χ4n) is 3.21. The fraction of sp³-hybridized carbons (Fsp3) is 0.400. The maximum atomic E-state index is 13.0. The molecule has 9 heteroatoms. The lowest BCUT2D eigenvalue weighted by molar-refractivity contribution is -0.147. The molecule has 2 aromatic rings. The molecule has 1 aliphatic rings. The molecule has 29 heavy (non-hydrogen) atoms. The number of halogens is 1. The summed E-state index contributed by atoms with van der Waals surface area (Å²) in [6.07, 6.45) is 1.58. The summed E-state index contributed by atoms with van der Waals surface area (Å²) in [6, 6.07) is 7.59. The van der Waals surface area contributed by atoms with Gasteiger partial charge in [-0.15, -0.1) is 0 Å². The van der Waals surface area contributed by atoms with Crippen molar-refractivity contribution in [1.29, 1.82) is 0 Å². The summed E-state index contributed by atoms with van der Waals surface area (Å²) in [5.74, 6) is -1.28. The molecule has 1 aliphatic heterocycles. The quantitative estimate of drug-likeness (QED) is 0.705. The second kappa shape index (κ2) is 8.77. The van der Waals surface area contributed by atoms with Gasteiger partial charge in [-0.05, 0) is 45.0 Å². The van der Waals surface area contributed by atoms with Gasteiger partial charge in [0.1, 0.15) is 0 Å². The third-order valence-corrected chi connectivity index (χ3v) is 5.31. The molecular formula is C20H24BrN5O3. The zero-order valence-corrected chi connectivity index (χ0v) is 18.3. The maximum Gasteiger partial charge on any atom is 0.312 e. The molecule has 1 aromatic carbocycles. The Morgan fingerprint density at radius 1 is 1.03 bits per heavy atom. The van der Waals surface area contributed by atoms with Crippen molar-refractivity contribution in [2.45, 2.75) is 26.8 Å². The molecule has 1 N–H and O–H groups in total. The van der Waals surface area contributed by atoms with Crippen LogP contribution < -0.4 is 5.32 Å². The normalized spacial score (nSPS) is 14.2. The van der Waals surface area contributed by atoms with E-state index in [9.17, 15) is 14.4 Å². The third-order valence-electron chi connectivity index (χ3n) is 4.78. The molecular weight excluding hydrogens is 438 g/mol. The number of nitrogens with one attached hydrogen (secondary N) is 1. The van der Waals surface area contributed by atoms with Gasteiger partial charge in [-0.25, -0.2) is 4.68 Å². The van der Waals surface area contributed by atoms with Crippen molar-refractivity contribution >= 4 is 33.7 Å². The van der Waals surface area contributed by atoms with Crippen LogP contribution in [0.3, 0.4) is 0 Å². The second-order valence-corrected chi connectivity index (χ2v) is 8.16. The first kappa shape index (κ1) is 21.0. The molecule has 0 bridgehead atoms. The van der Waals surface area contributed by atoms with E-state index >= 15 is 0 Å². The molecule has 1 aromatic heterocycles. The van der Waals surface area contributed by atoms with E-state index < -0.39 is 11.8 Å². The van der Waals surface area contributed by atoms with Crippen molar-refractivity contribution in [1.82, 2.24) is 24.9 Å². The molecule has 3 rings (SSSR count). The van der Waals surface area contributed by atoms with Crippen molar-refractivity contribution in [3.63, 3.8) is 0 Å². The largest absolute Gasteiger partial charge is 0.346 e. The predicted molar refractivity (Wildman–Crippen MR) is 112 cm³/mol. The van der Waals surface area contributed by atoms with Crippen molar-refractivity contribution in [2.24, 2.45) is 0 Å². The van der Waals surface area contributed by atoms with E-state index in [1.807, 2.05) is 31.2 Å². The van der Waals surface area contributed by atoms with E-state index in [4.69, 9.17) is 0 Å². The van der Waals surface area contributed by atoms with Crippen LogP contribution in [0.25, 0.3) is 5.69 Å². The summed E-state index contributed by atoms with van der Waals surface area (Å²) < 4.78 is 2.70. The Labute approximate surface area is 178 Å². The molecule has 0 aliphatic carbocycles. The summed E-state index contributed by atoms with van der Waals surface area (Å²) in [4.78, 5) is 40.2. The van der Waals surface area contributed by atoms with E-state index in [1.54, 1.807) is 29.6 Å². The number of nitrogens with zero attached hydrogens (tertiary/aromatic N) is 4. The van der Waals surface area contributed by atoms with Crippen LogP contribution in [0.15, 0.2) is 34.9 Å². The molecule has 0 spiro atoms. The van der Waals surface area contributed by atoms with Crippen LogP contribution in [0.2, 0.25) is 0 Å². The molecule has 0 unspecified atom stereocenters. The first-order valence-electron chi connectivity index (χ1n) is 9.47. The van der Waals surface area contributed by atoms with Crippen molar-refractivity contribution in [3.05, 3.63) is 46.2 Å². The standard InChI is InChI=1S/C20H24BrN5O3/c1-13(2)23-18(27)20(29)25-10-8-24(9-11-25)19(28)17-12-22-26(14(17)3)16-6-4-15(21)5-7-16/h4-7,12-13H,8-11H2,1-3H3,(H,23,27). The highest BCUT2D eigenvalue weighted by molar-refractivity contribution is 9.10. The van der Waals surface area contributed by atoms with Gasteiger partial charge in [0.05, 0.1) is 23.1 Å². The summed E-state index contributed by atoms with van der Waals surface area (Å²) >= 11 is 3.41. The SMILES string of the molecule is Cc1c(C(=O)N2CCN(C(=O)C(=O)NC(C)C)CC2)cnn1-c1ccc(Br)cc1. The smallest absolute Gasteiger partial charge is 0.312 e. The van der Waals surface area contributed by atoms with Crippen LogP contribution in [0, 0.1) is 6.92 Å². The van der Waals surface area contributed by atoms with Crippen LogP contribution in [-0.2, 0) is 9.59 Å². The van der Waals surface area contributed by atoms with Gasteiger partial charge in [0.2, 0.25) is 0 Å². The molecule has 8 nitrogen and oxygen atoms in total. The van der Waals surface area contributed by atoms with Gasteiger partial charge in [-0.3, -0.25) is 14.4 Å². The number of amides is 3. The number of piperazine rings is 1. The van der Waals surface area contributed by atoms with Crippen LogP contribution in [0.4, 0.5) is 0 Å². The molecule has 1 saturated heterocycles. The van der Waals surface area contributed by atoms with E-state index in [0.29, 0.717) is 31.7 Å². The molecule has 0 radical (unpaired) electrons. The number of aromatic nitrogens is 2. The molecule has 0 atom stereocenters. The summed E-state index contributed by atoms with van der Waals surface area (Å²) in [5.41, 5.74) is 2.16. The zero-order chi connectivity index (χ0) is 21.1. The first-order valence-corrected chi connectivity index (χ1v) is 10.3. The van der Waals surface area contributed by atoms with Gasteiger partial charge in [-0.2, -0.15) is 5.10 Å². The summed E-state index contributed by atoms with van der Waals surface area (Å²) in [6.45, 7) is 6.88. The Balaban J connectivity index is 1.65. The fourth-order valence-corrected chi connectivity index (χ4v) is 3.48. The maximum absolute atomic E-state index is 13.0. The van der Waals surface area contributed by atoms with E-state index in [0.717, 1.165) is 15.9 Å². The minimum Gasteiger partial charge on any atom is -0.346 e. The highest BCUT2D eigenvalue weighted by Crippen LogP contribution is 2.19. The van der Waals surface area contributed by atoms with Crippen LogP contribution in [-0.4, -0.2) is 69.5 Å². The summed E-state index contributed by atoms with van der Waals surface area (Å²) in [7, 11) is 0. The topological polar surface area (TPSA) is 87.5 Å². The average Bonchev–Trinajstić information content (AvgIpc) is 3.08. The van der Waals surface area contributed by atoms with E-state index in [1.165, 1.54) is 4.90 Å². The van der Waals surface area contributed by atoms with Crippen molar-refractivity contribution in [3.8, 4) is 5.69 Å². The first-order chi connectivity index (χ1) is 13.8. The molecule has 2 heterocycles. The number of carbonyl (C=O) groups excluding carboxylic acids is 3. The number of hydrogen-bond donors (Lipinski definition) is 1.